The maximum absolute atomic E-state index is 11.8. The van der Waals surface area contributed by atoms with Gasteiger partial charge in [-0.05, 0) is 155 Å². The Hall–Kier alpha value is -7.56. The lowest BCUT2D eigenvalue weighted by Crippen LogP contribution is -2.12. The number of carbonyl (C=O) groups is 2. The highest BCUT2D eigenvalue weighted by atomic mass is 79.9. The van der Waals surface area contributed by atoms with Gasteiger partial charge in [-0.3, -0.25) is 29.5 Å². The van der Waals surface area contributed by atoms with Crippen molar-refractivity contribution in [3.63, 3.8) is 0 Å². The van der Waals surface area contributed by atoms with E-state index in [4.69, 9.17) is 54.1 Å². The number of aromatic nitrogens is 10. The van der Waals surface area contributed by atoms with Gasteiger partial charge >= 0.3 is 0 Å². The number of benzene rings is 1. The van der Waals surface area contributed by atoms with Crippen LogP contribution in [-0.2, 0) is 0 Å². The lowest BCUT2D eigenvalue weighted by Gasteiger charge is -2.06. The van der Waals surface area contributed by atoms with Crippen molar-refractivity contribution >= 4 is 152 Å². The highest BCUT2D eigenvalue weighted by molar-refractivity contribution is 9.11. The molecule has 0 bridgehead atoms. The number of halogens is 7. The Morgan fingerprint density at radius 1 is 0.584 bits per heavy atom. The second-order valence-corrected chi connectivity index (χ2v) is 18.7. The molecule has 0 aliphatic heterocycles. The molecule has 0 atom stereocenters. The molecule has 11 aromatic rings. The van der Waals surface area contributed by atoms with Crippen molar-refractivity contribution in [2.24, 2.45) is 0 Å². The number of rotatable bonds is 8. The summed E-state index contributed by atoms with van der Waals surface area (Å²) < 4.78 is 18.8. The predicted octanol–water partition coefficient (Wildman–Crippen LogP) is 14.6. The molecule has 17 nitrogen and oxygen atoms in total. The molecule has 1 amide bonds. The number of nitrogens with two attached hydrogens (primary N) is 1. The lowest BCUT2D eigenvalue weighted by molar-refractivity contribution is 0.102. The van der Waals surface area contributed by atoms with Crippen molar-refractivity contribution in [3.05, 3.63) is 217 Å². The van der Waals surface area contributed by atoms with Crippen molar-refractivity contribution in [1.29, 1.82) is 0 Å². The first-order valence-electron chi connectivity index (χ1n) is 21.8. The average Bonchev–Trinajstić information content (AvgIpc) is 4.11. The van der Waals surface area contributed by atoms with Gasteiger partial charge in [-0.25, -0.2) is 29.9 Å². The number of hydrogen-bond acceptors (Lipinski definition) is 16. The molecule has 388 valence electrons. The largest absolute Gasteiger partial charge is 0.497 e. The fraction of sp³-hybridized carbons (Fsp3) is 0.0189. The first kappa shape index (κ1) is 58.7. The van der Waals surface area contributed by atoms with E-state index in [0.717, 1.165) is 52.5 Å². The minimum absolute atomic E-state index is 0. The van der Waals surface area contributed by atoms with Gasteiger partial charge in [0.1, 0.15) is 16.8 Å². The van der Waals surface area contributed by atoms with E-state index in [1.165, 1.54) is 12.4 Å². The SMILES string of the molecule is Brc1cnc2oc(-c3cccnc3)nc2c1.COc1ccc(/C=C/c2cnc3oc(-c4cccnc4)nc3c2)cc1.Cl.Nc1cc(Br)cnc1Cl.O=C(Cl)c1cccnc1.O=C(Nc1cc(Br)cnc1Cl)c1cccnc1. The second kappa shape index (κ2) is 29.7. The van der Waals surface area contributed by atoms with Crippen molar-refractivity contribution in [3.8, 4) is 28.7 Å². The summed E-state index contributed by atoms with van der Waals surface area (Å²) in [5.74, 6) is 1.62. The summed E-state index contributed by atoms with van der Waals surface area (Å²) in [6.07, 6.45) is 23.6. The minimum atomic E-state index is -0.469. The summed E-state index contributed by atoms with van der Waals surface area (Å²) in [6.45, 7) is 0. The average molecular weight is 1300 g/mol. The van der Waals surface area contributed by atoms with E-state index < -0.39 is 5.24 Å². The Balaban J connectivity index is 0.000000164. The molecule has 77 heavy (non-hydrogen) atoms. The molecule has 0 aliphatic carbocycles. The second-order valence-electron chi connectivity index (χ2n) is 14.9. The van der Waals surface area contributed by atoms with E-state index in [0.29, 0.717) is 50.9 Å². The van der Waals surface area contributed by atoms with Crippen LogP contribution in [0.5, 0.6) is 5.75 Å². The number of fused-ring (bicyclic) bond motifs is 2. The highest BCUT2D eigenvalue weighted by Crippen LogP contribution is 2.27. The number of nitrogens with zero attached hydrogens (tertiary/aromatic N) is 10. The minimum Gasteiger partial charge on any atom is -0.497 e. The first-order chi connectivity index (χ1) is 36.8. The number of nitrogens with one attached hydrogen (secondary N) is 1. The van der Waals surface area contributed by atoms with Gasteiger partial charge in [0.2, 0.25) is 23.2 Å². The third kappa shape index (κ3) is 18.0. The topological polar surface area (TPSA) is 237 Å². The number of anilines is 2. The van der Waals surface area contributed by atoms with Crippen LogP contribution < -0.4 is 15.8 Å². The molecular formula is C53H37Br3Cl4N12O5. The lowest BCUT2D eigenvalue weighted by atomic mass is 10.1. The van der Waals surface area contributed by atoms with Crippen LogP contribution in [0.25, 0.3) is 57.5 Å². The molecule has 0 fully saturated rings. The van der Waals surface area contributed by atoms with Crippen LogP contribution in [0, 0.1) is 0 Å². The molecule has 0 saturated heterocycles. The molecule has 0 unspecified atom stereocenters. The van der Waals surface area contributed by atoms with Crippen LogP contribution in [0.1, 0.15) is 31.8 Å². The third-order valence-corrected chi connectivity index (χ3v) is 11.7. The molecule has 10 heterocycles. The summed E-state index contributed by atoms with van der Waals surface area (Å²) in [7, 11) is 1.66. The number of amides is 1. The zero-order chi connectivity index (χ0) is 53.8. The van der Waals surface area contributed by atoms with Gasteiger partial charge < -0.3 is 24.6 Å². The number of methoxy groups -OCH3 is 1. The molecule has 0 aliphatic rings. The Morgan fingerprint density at radius 2 is 1.08 bits per heavy atom. The Morgan fingerprint density at radius 3 is 1.58 bits per heavy atom. The summed E-state index contributed by atoms with van der Waals surface area (Å²) in [6, 6.07) is 29.2. The number of hydrogen-bond donors (Lipinski definition) is 2. The quantitative estimate of drug-likeness (QED) is 0.106. The number of ether oxygens (including phenoxy) is 1. The zero-order valence-electron chi connectivity index (χ0n) is 39.6. The molecule has 0 saturated carbocycles. The van der Waals surface area contributed by atoms with Gasteiger partial charge in [0.15, 0.2) is 10.3 Å². The molecule has 0 radical (unpaired) electrons. The number of oxazole rings is 2. The summed E-state index contributed by atoms with van der Waals surface area (Å²) >= 11 is 26.3. The van der Waals surface area contributed by atoms with Crippen LogP contribution in [0.2, 0.25) is 10.3 Å². The molecular weight excluding hydrogens is 1270 g/mol. The highest BCUT2D eigenvalue weighted by Gasteiger charge is 2.12. The van der Waals surface area contributed by atoms with E-state index in [1.54, 1.807) is 105 Å². The Kier molecular flexibility index (Phi) is 22.6. The Labute approximate surface area is 485 Å². The fourth-order valence-electron chi connectivity index (χ4n) is 5.98. The fourth-order valence-corrected chi connectivity index (χ4v) is 7.35. The standard InChI is InChI=1S/C20H15N3O2.C11H7BrClN3O.C11H6BrN3O.C6H4ClNO.C5H4BrClN2.ClH/c1-24-17-8-6-14(7-9-17)4-5-15-11-18-20(22-12-15)25-19(23-18)16-3-2-10-21-13-16;12-8-4-9(10(13)15-6-8)16-11(17)7-2-1-3-14-5-7;12-8-4-9-11(14-6-8)16-10(15-9)7-2-1-3-13-5-7;7-6(9)5-2-1-3-8-4-5;6-3-1-4(8)5(7)9-2-3;/h2-13H,1H3;1-6H,(H,16,17);1-6H;1-4H;1-2H,8H2;1H/b5-4+;;;;;. The van der Waals surface area contributed by atoms with Gasteiger partial charge in [-0.2, -0.15) is 0 Å². The van der Waals surface area contributed by atoms with Crippen LogP contribution in [0.3, 0.4) is 0 Å². The van der Waals surface area contributed by atoms with Gasteiger partial charge in [-0.15, -0.1) is 12.4 Å². The van der Waals surface area contributed by atoms with Crippen LogP contribution in [0.15, 0.2) is 194 Å². The molecule has 1 aromatic carbocycles. The van der Waals surface area contributed by atoms with Gasteiger partial charge in [0.25, 0.3) is 11.1 Å². The van der Waals surface area contributed by atoms with Gasteiger partial charge in [0.05, 0.1) is 40.7 Å². The predicted molar refractivity (Wildman–Crippen MR) is 312 cm³/mol. The van der Waals surface area contributed by atoms with Crippen molar-refractivity contribution in [2.75, 3.05) is 18.2 Å². The Bertz CT molecular complexity index is 3710. The number of pyridine rings is 8. The molecule has 11 rings (SSSR count). The van der Waals surface area contributed by atoms with Crippen LogP contribution in [-0.4, -0.2) is 68.1 Å². The maximum Gasteiger partial charge on any atom is 0.257 e. The summed E-state index contributed by atoms with van der Waals surface area (Å²) in [4.78, 5) is 62.9. The van der Waals surface area contributed by atoms with Crippen molar-refractivity contribution in [2.45, 2.75) is 0 Å². The number of nitrogen functional groups attached to an aromatic ring is 1. The molecule has 3 N–H and O–H groups in total. The van der Waals surface area contributed by atoms with Gasteiger partial charge in [0, 0.05) is 87.8 Å². The molecule has 24 heteroatoms. The summed E-state index contributed by atoms with van der Waals surface area (Å²) in [5.41, 5.74) is 13.4. The van der Waals surface area contributed by atoms with E-state index in [9.17, 15) is 9.59 Å². The smallest absolute Gasteiger partial charge is 0.257 e. The van der Waals surface area contributed by atoms with E-state index in [-0.39, 0.29) is 23.5 Å². The number of carbonyl (C=O) groups excluding carboxylic acids is 2. The van der Waals surface area contributed by atoms with E-state index >= 15 is 0 Å². The van der Waals surface area contributed by atoms with Gasteiger partial charge in [-0.1, -0.05) is 47.5 Å². The van der Waals surface area contributed by atoms with Crippen molar-refractivity contribution in [1.82, 2.24) is 49.8 Å². The van der Waals surface area contributed by atoms with E-state index in [1.807, 2.05) is 72.8 Å². The zero-order valence-corrected chi connectivity index (χ0v) is 47.4. The summed E-state index contributed by atoms with van der Waals surface area (Å²) in [5, 5.41) is 2.78. The molecule has 10 aromatic heterocycles. The van der Waals surface area contributed by atoms with Crippen LogP contribution >= 0.6 is 95.0 Å². The van der Waals surface area contributed by atoms with Crippen LogP contribution in [0.4, 0.5) is 11.4 Å². The normalized spacial score (nSPS) is 10.3. The van der Waals surface area contributed by atoms with Crippen molar-refractivity contribution < 1.29 is 23.2 Å². The first-order valence-corrected chi connectivity index (χ1v) is 25.3. The monoisotopic (exact) mass is 1300 g/mol. The third-order valence-electron chi connectivity index (χ3n) is 9.58. The van der Waals surface area contributed by atoms with E-state index in [2.05, 4.69) is 103 Å². The molecule has 0 spiro atoms. The maximum atomic E-state index is 11.8.